The quantitative estimate of drug-likeness (QED) is 0.927. The van der Waals surface area contributed by atoms with Crippen molar-refractivity contribution >= 4 is 11.4 Å². The number of hydrogen-bond acceptors (Lipinski definition) is 3. The van der Waals surface area contributed by atoms with Crippen molar-refractivity contribution in [1.29, 1.82) is 0 Å². The molecule has 20 heavy (non-hydrogen) atoms. The fourth-order valence-corrected chi connectivity index (χ4v) is 2.77. The summed E-state index contributed by atoms with van der Waals surface area (Å²) in [5.41, 5.74) is 4.80. The monoisotopic (exact) mass is 270 g/mol. The number of nitrogens with zero attached hydrogens (tertiary/aromatic N) is 3. The zero-order valence-electron chi connectivity index (χ0n) is 12.3. The van der Waals surface area contributed by atoms with Gasteiger partial charge in [0.25, 0.3) is 0 Å². The molecule has 1 saturated heterocycles. The van der Waals surface area contributed by atoms with E-state index in [9.17, 15) is 0 Å². The molecular formula is C16H22N4. The molecule has 1 aliphatic rings. The molecule has 4 nitrogen and oxygen atoms in total. The first-order chi connectivity index (χ1) is 9.72. The van der Waals surface area contributed by atoms with Gasteiger partial charge in [0.2, 0.25) is 0 Å². The number of benzene rings is 1. The van der Waals surface area contributed by atoms with Crippen molar-refractivity contribution in [2.45, 2.75) is 26.3 Å². The van der Waals surface area contributed by atoms with Gasteiger partial charge in [-0.25, -0.2) is 0 Å². The molecule has 1 fully saturated rings. The van der Waals surface area contributed by atoms with E-state index in [1.165, 1.54) is 37.2 Å². The molecule has 1 N–H and O–H groups in total. The van der Waals surface area contributed by atoms with Crippen LogP contribution in [0.5, 0.6) is 0 Å². The number of aryl methyl sites for hydroxylation is 2. The maximum atomic E-state index is 4.34. The first kappa shape index (κ1) is 13.0. The third kappa shape index (κ3) is 2.79. The first-order valence-corrected chi connectivity index (χ1v) is 7.30. The van der Waals surface area contributed by atoms with E-state index < -0.39 is 0 Å². The van der Waals surface area contributed by atoms with Gasteiger partial charge in [-0.3, -0.25) is 4.68 Å². The molecule has 1 aromatic carbocycles. The molecular weight excluding hydrogens is 248 g/mol. The highest BCUT2D eigenvalue weighted by Crippen LogP contribution is 2.21. The van der Waals surface area contributed by atoms with E-state index in [0.717, 1.165) is 17.9 Å². The van der Waals surface area contributed by atoms with E-state index in [0.29, 0.717) is 0 Å². The molecule has 0 aliphatic carbocycles. The third-order valence-corrected chi connectivity index (χ3v) is 3.90. The lowest BCUT2D eigenvalue weighted by molar-refractivity contribution is 0.756. The third-order valence-electron chi connectivity index (χ3n) is 3.90. The van der Waals surface area contributed by atoms with Gasteiger partial charge < -0.3 is 10.2 Å². The molecule has 4 heteroatoms. The molecule has 0 radical (unpaired) electrons. The molecule has 0 unspecified atom stereocenters. The summed E-state index contributed by atoms with van der Waals surface area (Å²) in [5, 5.41) is 7.78. The minimum Gasteiger partial charge on any atom is -0.378 e. The summed E-state index contributed by atoms with van der Waals surface area (Å²) >= 11 is 0. The average molecular weight is 270 g/mol. The van der Waals surface area contributed by atoms with Crippen molar-refractivity contribution in [3.63, 3.8) is 0 Å². The maximum Gasteiger partial charge on any atom is 0.0825 e. The minimum atomic E-state index is 0.840. The number of anilines is 2. The van der Waals surface area contributed by atoms with Crippen molar-refractivity contribution in [3.8, 4) is 0 Å². The number of hydrogen-bond donors (Lipinski definition) is 1. The van der Waals surface area contributed by atoms with Gasteiger partial charge in [0, 0.05) is 38.6 Å². The summed E-state index contributed by atoms with van der Waals surface area (Å²) in [7, 11) is 1.95. The lowest BCUT2D eigenvalue weighted by Gasteiger charge is -2.17. The van der Waals surface area contributed by atoms with Crippen LogP contribution >= 0.6 is 0 Å². The lowest BCUT2D eigenvalue weighted by atomic mass is 10.2. The predicted molar refractivity (Wildman–Crippen MR) is 83.2 cm³/mol. The molecule has 2 heterocycles. The Labute approximate surface area is 120 Å². The summed E-state index contributed by atoms with van der Waals surface area (Å²) in [6.45, 7) is 5.27. The minimum absolute atomic E-state index is 0.840. The van der Waals surface area contributed by atoms with Crippen LogP contribution in [0.15, 0.2) is 30.5 Å². The van der Waals surface area contributed by atoms with E-state index in [4.69, 9.17) is 0 Å². The molecule has 0 spiro atoms. The van der Waals surface area contributed by atoms with Crippen molar-refractivity contribution in [2.24, 2.45) is 7.05 Å². The van der Waals surface area contributed by atoms with Gasteiger partial charge in [0.15, 0.2) is 0 Å². The molecule has 3 rings (SSSR count). The smallest absolute Gasteiger partial charge is 0.0825 e. The second kappa shape index (κ2) is 5.57. The van der Waals surface area contributed by atoms with Crippen LogP contribution in [0.25, 0.3) is 0 Å². The maximum absolute atomic E-state index is 4.34. The van der Waals surface area contributed by atoms with E-state index in [1.54, 1.807) is 0 Å². The van der Waals surface area contributed by atoms with Gasteiger partial charge in [0.05, 0.1) is 11.4 Å². The molecule has 0 bridgehead atoms. The zero-order chi connectivity index (χ0) is 13.9. The lowest BCUT2D eigenvalue weighted by Crippen LogP contribution is -2.17. The number of rotatable bonds is 4. The van der Waals surface area contributed by atoms with Crippen LogP contribution in [0.3, 0.4) is 0 Å². The van der Waals surface area contributed by atoms with Gasteiger partial charge in [-0.1, -0.05) is 12.1 Å². The second-order valence-corrected chi connectivity index (χ2v) is 5.52. The Kier molecular flexibility index (Phi) is 3.63. The molecule has 0 saturated carbocycles. The van der Waals surface area contributed by atoms with Crippen molar-refractivity contribution in [2.75, 3.05) is 23.3 Å². The molecule has 1 aliphatic heterocycles. The molecule has 0 atom stereocenters. The average Bonchev–Trinajstić information content (AvgIpc) is 3.07. The molecule has 1 aromatic heterocycles. The van der Waals surface area contributed by atoms with Crippen LogP contribution in [0, 0.1) is 6.92 Å². The van der Waals surface area contributed by atoms with Crippen LogP contribution < -0.4 is 10.2 Å². The fraction of sp³-hybridized carbons (Fsp3) is 0.438. The highest BCUT2D eigenvalue weighted by Gasteiger charge is 2.11. The van der Waals surface area contributed by atoms with E-state index in [2.05, 4.69) is 39.6 Å². The largest absolute Gasteiger partial charge is 0.378 e. The van der Waals surface area contributed by atoms with Crippen molar-refractivity contribution in [1.82, 2.24) is 9.78 Å². The van der Waals surface area contributed by atoms with Crippen LogP contribution in [-0.2, 0) is 13.6 Å². The molecule has 106 valence electrons. The van der Waals surface area contributed by atoms with Crippen molar-refractivity contribution in [3.05, 3.63) is 41.7 Å². The number of aromatic nitrogens is 2. The Balaban J connectivity index is 1.62. The Bertz CT molecular complexity index is 565. The number of nitrogens with one attached hydrogen (secondary N) is 1. The summed E-state index contributed by atoms with van der Waals surface area (Å²) in [6.07, 6.45) is 4.67. The fourth-order valence-electron chi connectivity index (χ4n) is 2.77. The topological polar surface area (TPSA) is 33.1 Å². The SMILES string of the molecule is Cc1nn(C)cc1NCc1ccc(N2CCCC2)cc1. The Morgan fingerprint density at radius 1 is 1.15 bits per heavy atom. The van der Waals surface area contributed by atoms with E-state index >= 15 is 0 Å². The van der Waals surface area contributed by atoms with Gasteiger partial charge in [-0.05, 0) is 37.5 Å². The van der Waals surface area contributed by atoms with Crippen LogP contribution in [0.4, 0.5) is 11.4 Å². The summed E-state index contributed by atoms with van der Waals surface area (Å²) < 4.78 is 1.84. The molecule has 2 aromatic rings. The second-order valence-electron chi connectivity index (χ2n) is 5.52. The van der Waals surface area contributed by atoms with E-state index in [-0.39, 0.29) is 0 Å². The summed E-state index contributed by atoms with van der Waals surface area (Å²) in [6, 6.07) is 8.90. The zero-order valence-corrected chi connectivity index (χ0v) is 12.3. The normalized spacial score (nSPS) is 14.8. The Morgan fingerprint density at radius 2 is 1.85 bits per heavy atom. The Hall–Kier alpha value is -1.97. The van der Waals surface area contributed by atoms with Crippen LogP contribution in [0.1, 0.15) is 24.1 Å². The highest BCUT2D eigenvalue weighted by molar-refractivity contribution is 5.50. The summed E-state index contributed by atoms with van der Waals surface area (Å²) in [4.78, 5) is 2.46. The van der Waals surface area contributed by atoms with Crippen LogP contribution in [0.2, 0.25) is 0 Å². The van der Waals surface area contributed by atoms with Gasteiger partial charge >= 0.3 is 0 Å². The van der Waals surface area contributed by atoms with Gasteiger partial charge in [-0.15, -0.1) is 0 Å². The van der Waals surface area contributed by atoms with Gasteiger partial charge in [-0.2, -0.15) is 5.10 Å². The van der Waals surface area contributed by atoms with Crippen molar-refractivity contribution < 1.29 is 0 Å². The first-order valence-electron chi connectivity index (χ1n) is 7.30. The van der Waals surface area contributed by atoms with Gasteiger partial charge in [0.1, 0.15) is 0 Å². The predicted octanol–water partition coefficient (Wildman–Crippen LogP) is 2.94. The molecule has 0 amide bonds. The summed E-state index contributed by atoms with van der Waals surface area (Å²) in [5.74, 6) is 0. The van der Waals surface area contributed by atoms with Crippen LogP contribution in [-0.4, -0.2) is 22.9 Å². The Morgan fingerprint density at radius 3 is 2.45 bits per heavy atom. The highest BCUT2D eigenvalue weighted by atomic mass is 15.3. The standard InChI is InChI=1S/C16H22N4/c1-13-16(12-19(2)18-13)17-11-14-5-7-15(8-6-14)20-9-3-4-10-20/h5-8,12,17H,3-4,9-11H2,1-2H3. The van der Waals surface area contributed by atoms with E-state index in [1.807, 2.05) is 24.9 Å².